The summed E-state index contributed by atoms with van der Waals surface area (Å²) in [7, 11) is 10.1. The monoisotopic (exact) mass is 1320 g/mol. The molecule has 0 aromatic rings. The third-order valence-corrected chi connectivity index (χ3v) is 18.3. The summed E-state index contributed by atoms with van der Waals surface area (Å²) in [4.78, 5) is 172. The number of nitrogens with zero attached hydrogens (tertiary/aromatic N) is 7. The van der Waals surface area contributed by atoms with E-state index in [1.165, 1.54) is 118 Å². The fraction of sp³-hybridized carbons (Fsp3) is 0.806. The van der Waals surface area contributed by atoms with Gasteiger partial charge in [0.1, 0.15) is 66.5 Å². The van der Waals surface area contributed by atoms with Gasteiger partial charge in [0, 0.05) is 68.1 Å². The molecule has 1 saturated heterocycles. The largest absolute Gasteiger partial charge is 0.396 e. The molecule has 92 heavy (non-hydrogen) atoms. The average Bonchev–Trinajstić information content (AvgIpc) is 0.825. The molecule has 0 saturated carbocycles. The van der Waals surface area contributed by atoms with Gasteiger partial charge in [-0.1, -0.05) is 95.2 Å². The molecule has 1 heterocycles. The number of allylic oxidation sites excluding steroid dienone is 2. The van der Waals surface area contributed by atoms with Gasteiger partial charge in [-0.2, -0.15) is 11.8 Å². The second-order valence-electron chi connectivity index (χ2n) is 28.1. The van der Waals surface area contributed by atoms with Crippen LogP contribution in [0.25, 0.3) is 0 Å². The van der Waals surface area contributed by atoms with Crippen LogP contribution in [0.2, 0.25) is 0 Å². The van der Waals surface area contributed by atoms with Crippen LogP contribution >= 0.6 is 11.8 Å². The SMILES string of the molecule is C/C=C/C[C@@H](C)C[C@H]1C(=O)N[C@@H](CC)C(=O)N(C)[C@H](CSCCCCO)C(=O)N(C)[C@@H](CC(C)(C)O)C(=O)N[C@H](C(C)C)C(=O)N(C)[C@H](CC(C)C)C(=O)N[C@H](C)C(=O)N[C@@H](C)C(=O)N(C)[C@@H](CC(C)C)C(=O)N(C)[C@@H](CC(C)C)C(=O)N(C)[C@@H](C(C)C)C(=O)N1C. The standard InChI is InChI=1S/C67H121N11O13S/c1-25-27-30-44(13)36-49-58(82)70-47(26-2)61(85)77(23)53(38-92-32-29-28-31-79)64(88)76(22)52(37-67(16,17)91)59(83)71-54(42(9)10)65(89)72(18)48(33-39(3)4)57(81)68-45(14)56(80)69-46(15)60(84)74(20)50(34-40(5)6)62(86)75(21)51(35-41(7)8)63(87)78(24)55(43(11)12)66(90)73(49)19/h25,27,39-55,79,91H,26,28-38H2,1-24H3,(H,68,81)(H,69,80)(H,70,82)(H,71,83)/b27-25+/t44-,45-,46+,47+,48-,49+,50+,51+,52+,53-,54-,55+/m1/s1. The molecule has 6 N–H and O–H groups in total. The summed E-state index contributed by atoms with van der Waals surface area (Å²) < 4.78 is 0. The van der Waals surface area contributed by atoms with Crippen LogP contribution in [0, 0.1) is 35.5 Å². The van der Waals surface area contributed by atoms with Gasteiger partial charge < -0.3 is 65.8 Å². The van der Waals surface area contributed by atoms with Crippen LogP contribution in [0.1, 0.15) is 175 Å². The number of nitrogens with one attached hydrogen (secondary N) is 4. The molecule has 0 radical (unpaired) electrons. The molecule has 0 spiro atoms. The summed E-state index contributed by atoms with van der Waals surface area (Å²) in [5, 5.41) is 32.1. The lowest BCUT2D eigenvalue weighted by Crippen LogP contribution is -2.62. The number of carbonyl (C=O) groups excluding carboxylic acids is 11. The number of aliphatic hydroxyl groups is 2. The zero-order chi connectivity index (χ0) is 71.1. The van der Waals surface area contributed by atoms with Gasteiger partial charge in [-0.05, 0) is 127 Å². The number of thioether (sulfide) groups is 1. The van der Waals surface area contributed by atoms with Gasteiger partial charge in [-0.3, -0.25) is 52.7 Å². The molecule has 12 atom stereocenters. The van der Waals surface area contributed by atoms with Crippen LogP contribution in [0.5, 0.6) is 0 Å². The third-order valence-electron chi connectivity index (χ3n) is 17.2. The first-order valence-electron chi connectivity index (χ1n) is 33.1. The predicted molar refractivity (Wildman–Crippen MR) is 361 cm³/mol. The normalized spacial score (nSPS) is 26.4. The number of aliphatic hydroxyl groups excluding tert-OH is 1. The Labute approximate surface area is 555 Å². The highest BCUT2D eigenvalue weighted by atomic mass is 32.2. The lowest BCUT2D eigenvalue weighted by molar-refractivity contribution is -0.156. The van der Waals surface area contributed by atoms with Crippen molar-refractivity contribution in [1.82, 2.24) is 55.6 Å². The summed E-state index contributed by atoms with van der Waals surface area (Å²) >= 11 is 1.34. The number of amides is 11. The van der Waals surface area contributed by atoms with Crippen molar-refractivity contribution in [2.45, 2.75) is 248 Å². The van der Waals surface area contributed by atoms with Crippen molar-refractivity contribution in [2.75, 3.05) is 67.4 Å². The minimum Gasteiger partial charge on any atom is -0.396 e. The summed E-state index contributed by atoms with van der Waals surface area (Å²) in [5.41, 5.74) is -1.57. The summed E-state index contributed by atoms with van der Waals surface area (Å²) in [6, 6.07) is -13.6. The molecule has 1 fully saturated rings. The molecule has 0 aromatic heterocycles. The van der Waals surface area contributed by atoms with Crippen LogP contribution in [0.3, 0.4) is 0 Å². The molecule has 11 amide bonds. The molecule has 24 nitrogen and oxygen atoms in total. The highest BCUT2D eigenvalue weighted by molar-refractivity contribution is 7.99. The molecule has 25 heteroatoms. The second-order valence-corrected chi connectivity index (χ2v) is 29.3. The maximum Gasteiger partial charge on any atom is 0.246 e. The van der Waals surface area contributed by atoms with Gasteiger partial charge in [-0.25, -0.2) is 0 Å². The van der Waals surface area contributed by atoms with Crippen molar-refractivity contribution >= 4 is 76.7 Å². The lowest BCUT2D eigenvalue weighted by atomic mass is 9.93. The number of likely N-dealkylation sites (N-methyl/N-ethyl adjacent to an activating group) is 7. The van der Waals surface area contributed by atoms with Crippen LogP contribution in [-0.4, -0.2) is 249 Å². The molecular formula is C67H121N11O13S. The molecule has 0 unspecified atom stereocenters. The van der Waals surface area contributed by atoms with Gasteiger partial charge in [0.05, 0.1) is 5.60 Å². The van der Waals surface area contributed by atoms with E-state index in [4.69, 9.17) is 0 Å². The Bertz CT molecular complexity index is 2490. The quantitative estimate of drug-likeness (QED) is 0.0691. The van der Waals surface area contributed by atoms with E-state index in [1.54, 1.807) is 34.6 Å². The second kappa shape index (κ2) is 39.1. The zero-order valence-corrected chi connectivity index (χ0v) is 61.2. The molecule has 528 valence electrons. The van der Waals surface area contributed by atoms with E-state index >= 15 is 28.8 Å². The van der Waals surface area contributed by atoms with Crippen molar-refractivity contribution in [3.05, 3.63) is 12.2 Å². The predicted octanol–water partition coefficient (Wildman–Crippen LogP) is 4.29. The van der Waals surface area contributed by atoms with Gasteiger partial charge in [-0.15, -0.1) is 0 Å². The lowest BCUT2D eigenvalue weighted by Gasteiger charge is -2.41. The van der Waals surface area contributed by atoms with E-state index in [-0.39, 0.29) is 74.6 Å². The Morgan fingerprint density at radius 1 is 0.489 bits per heavy atom. The van der Waals surface area contributed by atoms with Gasteiger partial charge in [0.25, 0.3) is 0 Å². The minimum absolute atomic E-state index is 0.00934. The van der Waals surface area contributed by atoms with Crippen molar-refractivity contribution in [1.29, 1.82) is 0 Å². The Hall–Kier alpha value is -5.82. The highest BCUT2D eigenvalue weighted by Crippen LogP contribution is 2.27. The Morgan fingerprint density at radius 3 is 1.39 bits per heavy atom. The fourth-order valence-electron chi connectivity index (χ4n) is 11.4. The molecule has 1 aliphatic heterocycles. The first-order chi connectivity index (χ1) is 42.5. The van der Waals surface area contributed by atoms with E-state index in [2.05, 4.69) is 21.3 Å². The van der Waals surface area contributed by atoms with Crippen molar-refractivity contribution in [3.63, 3.8) is 0 Å². The molecule has 1 aliphatic rings. The molecule has 0 bridgehead atoms. The summed E-state index contributed by atoms with van der Waals surface area (Å²) in [6.07, 6.45) is 5.72. The van der Waals surface area contributed by atoms with Crippen LogP contribution in [-0.2, 0) is 52.7 Å². The fourth-order valence-corrected chi connectivity index (χ4v) is 12.6. The number of unbranched alkanes of at least 4 members (excludes halogenated alkanes) is 1. The maximum absolute atomic E-state index is 15.3. The van der Waals surface area contributed by atoms with Crippen LogP contribution in [0.4, 0.5) is 0 Å². The topological polar surface area (TPSA) is 299 Å². The first-order valence-corrected chi connectivity index (χ1v) is 34.3. The average molecular weight is 1320 g/mol. The number of hydrogen-bond acceptors (Lipinski definition) is 14. The van der Waals surface area contributed by atoms with E-state index in [9.17, 15) is 34.2 Å². The van der Waals surface area contributed by atoms with Crippen molar-refractivity contribution in [3.8, 4) is 0 Å². The molecule has 0 aliphatic carbocycles. The van der Waals surface area contributed by atoms with Crippen LogP contribution in [0.15, 0.2) is 12.2 Å². The molecular weight excluding hydrogens is 1200 g/mol. The first kappa shape index (κ1) is 84.2. The Morgan fingerprint density at radius 2 is 0.913 bits per heavy atom. The van der Waals surface area contributed by atoms with E-state index in [1.807, 2.05) is 67.5 Å². The van der Waals surface area contributed by atoms with E-state index in [0.717, 1.165) is 4.90 Å². The zero-order valence-electron chi connectivity index (χ0n) is 60.4. The van der Waals surface area contributed by atoms with E-state index < -0.39 is 149 Å². The third kappa shape index (κ3) is 25.1. The molecule has 1 rings (SSSR count). The van der Waals surface area contributed by atoms with Gasteiger partial charge >= 0.3 is 0 Å². The van der Waals surface area contributed by atoms with Crippen molar-refractivity contribution < 1.29 is 63.0 Å². The number of rotatable bonds is 21. The summed E-state index contributed by atoms with van der Waals surface area (Å²) in [5.74, 6) is -8.60. The molecule has 0 aromatic carbocycles. The van der Waals surface area contributed by atoms with Crippen LogP contribution < -0.4 is 21.3 Å². The van der Waals surface area contributed by atoms with Gasteiger partial charge in [0.2, 0.25) is 65.0 Å². The maximum atomic E-state index is 15.3. The summed E-state index contributed by atoms with van der Waals surface area (Å²) in [6.45, 7) is 29.4. The van der Waals surface area contributed by atoms with E-state index in [0.29, 0.717) is 25.0 Å². The number of carbonyl (C=O) groups is 11. The highest BCUT2D eigenvalue weighted by Gasteiger charge is 2.45. The Balaban J connectivity index is 4.51. The number of hydrogen-bond donors (Lipinski definition) is 6. The van der Waals surface area contributed by atoms with Gasteiger partial charge in [0.15, 0.2) is 0 Å². The Kier molecular flexibility index (Phi) is 35.8. The minimum atomic E-state index is -1.57. The van der Waals surface area contributed by atoms with Crippen molar-refractivity contribution in [2.24, 2.45) is 35.5 Å². The smallest absolute Gasteiger partial charge is 0.246 e.